The molecule has 2 fully saturated rings. The molecule has 0 aliphatic heterocycles. The number of imidazole rings is 1. The Hall–Kier alpha value is -1.85. The van der Waals surface area contributed by atoms with E-state index in [0.29, 0.717) is 17.0 Å². The summed E-state index contributed by atoms with van der Waals surface area (Å²) >= 11 is 0. The fourth-order valence-electron chi connectivity index (χ4n) is 4.19. The summed E-state index contributed by atoms with van der Waals surface area (Å²) in [6.45, 7) is 1.84. The third-order valence-corrected chi connectivity index (χ3v) is 5.26. The lowest BCUT2D eigenvalue weighted by atomic mass is 10.2. The van der Waals surface area contributed by atoms with Crippen LogP contribution in [0.5, 0.6) is 0 Å². The molecule has 0 saturated heterocycles. The lowest BCUT2D eigenvalue weighted by Crippen LogP contribution is -2.42. The third-order valence-electron chi connectivity index (χ3n) is 5.26. The molecule has 2 heterocycles. The molecule has 2 aliphatic rings. The van der Waals surface area contributed by atoms with E-state index < -0.39 is 0 Å². The summed E-state index contributed by atoms with van der Waals surface area (Å²) < 4.78 is 3.30. The van der Waals surface area contributed by atoms with Crippen molar-refractivity contribution >= 4 is 11.2 Å². The zero-order chi connectivity index (χ0) is 15.3. The van der Waals surface area contributed by atoms with E-state index in [4.69, 9.17) is 0 Å². The van der Waals surface area contributed by atoms with Crippen molar-refractivity contribution in [2.45, 2.75) is 70.4 Å². The lowest BCUT2D eigenvalue weighted by molar-refractivity contribution is 0.427. The molecule has 4 rings (SSSR count). The van der Waals surface area contributed by atoms with Crippen LogP contribution < -0.4 is 11.2 Å². The fraction of sp³-hybridized carbons (Fsp3) is 0.688. The maximum absolute atomic E-state index is 13.1. The van der Waals surface area contributed by atoms with Crippen molar-refractivity contribution < 1.29 is 0 Å². The monoisotopic (exact) mass is 302 g/mol. The molecule has 2 saturated carbocycles. The van der Waals surface area contributed by atoms with Gasteiger partial charge in [0.2, 0.25) is 0 Å². The van der Waals surface area contributed by atoms with Crippen LogP contribution in [0.15, 0.2) is 9.59 Å². The highest BCUT2D eigenvalue weighted by atomic mass is 16.2. The summed E-state index contributed by atoms with van der Waals surface area (Å²) in [6, 6.07) is 0.242. The Bertz CT molecular complexity index is 817. The lowest BCUT2D eigenvalue weighted by Gasteiger charge is -2.19. The van der Waals surface area contributed by atoms with Gasteiger partial charge < -0.3 is 4.98 Å². The molecule has 118 valence electrons. The molecule has 1 N–H and O–H groups in total. The number of H-pyrrole nitrogens is 1. The van der Waals surface area contributed by atoms with E-state index in [1.807, 2.05) is 6.92 Å². The molecule has 2 aromatic rings. The van der Waals surface area contributed by atoms with E-state index >= 15 is 0 Å². The van der Waals surface area contributed by atoms with Gasteiger partial charge in [-0.05, 0) is 32.6 Å². The first-order chi connectivity index (χ1) is 10.7. The molecule has 0 unspecified atom stereocenters. The van der Waals surface area contributed by atoms with Gasteiger partial charge in [-0.2, -0.15) is 0 Å². The first-order valence-corrected chi connectivity index (χ1v) is 8.40. The van der Waals surface area contributed by atoms with Crippen LogP contribution >= 0.6 is 0 Å². The number of aromatic amines is 1. The first kappa shape index (κ1) is 13.8. The zero-order valence-corrected chi connectivity index (χ0v) is 13.0. The number of fused-ring (bicyclic) bond motifs is 1. The van der Waals surface area contributed by atoms with Crippen LogP contribution in [0.3, 0.4) is 0 Å². The summed E-state index contributed by atoms with van der Waals surface area (Å²) in [5.41, 5.74) is 0.703. The zero-order valence-electron chi connectivity index (χ0n) is 13.0. The number of aromatic nitrogens is 4. The molecule has 2 aromatic heterocycles. The van der Waals surface area contributed by atoms with Crippen molar-refractivity contribution in [3.63, 3.8) is 0 Å². The molecule has 6 nitrogen and oxygen atoms in total. The first-order valence-electron chi connectivity index (χ1n) is 8.40. The van der Waals surface area contributed by atoms with Crippen molar-refractivity contribution in [2.24, 2.45) is 0 Å². The predicted octanol–water partition coefficient (Wildman–Crippen LogP) is 2.42. The third kappa shape index (κ3) is 1.96. The van der Waals surface area contributed by atoms with Gasteiger partial charge >= 0.3 is 5.69 Å². The van der Waals surface area contributed by atoms with Gasteiger partial charge in [0, 0.05) is 12.1 Å². The Balaban J connectivity index is 2.03. The number of hydrogen-bond acceptors (Lipinski definition) is 3. The van der Waals surface area contributed by atoms with Gasteiger partial charge in [0.1, 0.15) is 11.3 Å². The van der Waals surface area contributed by atoms with Crippen molar-refractivity contribution in [1.29, 1.82) is 0 Å². The average molecular weight is 302 g/mol. The largest absolute Gasteiger partial charge is 0.336 e. The normalized spacial score (nSPS) is 20.4. The van der Waals surface area contributed by atoms with Crippen LogP contribution in [-0.2, 0) is 0 Å². The second kappa shape index (κ2) is 5.11. The molecule has 0 spiro atoms. The quantitative estimate of drug-likeness (QED) is 0.926. The van der Waals surface area contributed by atoms with E-state index in [1.165, 1.54) is 4.57 Å². The maximum atomic E-state index is 13.1. The molecule has 6 heteroatoms. The second-order valence-electron chi connectivity index (χ2n) is 6.73. The Morgan fingerprint density at radius 2 is 1.50 bits per heavy atom. The maximum Gasteiger partial charge on any atom is 0.333 e. The molecule has 2 aliphatic carbocycles. The van der Waals surface area contributed by atoms with Crippen molar-refractivity contribution in [3.8, 4) is 0 Å². The van der Waals surface area contributed by atoms with E-state index in [0.717, 1.165) is 51.4 Å². The van der Waals surface area contributed by atoms with Crippen molar-refractivity contribution in [2.75, 3.05) is 0 Å². The van der Waals surface area contributed by atoms with Gasteiger partial charge in [-0.1, -0.05) is 25.7 Å². The summed E-state index contributed by atoms with van der Waals surface area (Å²) in [5, 5.41) is 0. The minimum Gasteiger partial charge on any atom is -0.336 e. The van der Waals surface area contributed by atoms with Crippen LogP contribution in [0.4, 0.5) is 0 Å². The highest BCUT2D eigenvalue weighted by molar-refractivity contribution is 5.70. The second-order valence-corrected chi connectivity index (χ2v) is 6.73. The highest BCUT2D eigenvalue weighted by Crippen LogP contribution is 2.31. The van der Waals surface area contributed by atoms with Crippen molar-refractivity contribution in [1.82, 2.24) is 19.1 Å². The smallest absolute Gasteiger partial charge is 0.333 e. The van der Waals surface area contributed by atoms with Crippen LogP contribution in [0.25, 0.3) is 11.2 Å². The summed E-state index contributed by atoms with van der Waals surface area (Å²) in [5.74, 6) is 0.697. The van der Waals surface area contributed by atoms with Crippen LogP contribution in [0.1, 0.15) is 69.3 Å². The molecule has 0 aromatic carbocycles. The number of aryl methyl sites for hydroxylation is 1. The standard InChI is InChI=1S/C16H22N4O2/c1-10-17-13-14(18-10)19(11-6-2-3-7-11)16(22)20(15(13)21)12-8-4-5-9-12/h11-12H,2-9H2,1H3,(H,17,18). The SMILES string of the molecule is Cc1nc2c([nH]1)c(=O)n(C1CCCC1)c(=O)n2C1CCCC1. The Labute approximate surface area is 128 Å². The van der Waals surface area contributed by atoms with Crippen molar-refractivity contribution in [3.05, 3.63) is 26.7 Å². The minimum absolute atomic E-state index is 0.0562. The van der Waals surface area contributed by atoms with Gasteiger partial charge in [0.25, 0.3) is 5.56 Å². The van der Waals surface area contributed by atoms with Crippen LogP contribution in [0.2, 0.25) is 0 Å². The molecule has 0 radical (unpaired) electrons. The van der Waals surface area contributed by atoms with Gasteiger partial charge in [-0.3, -0.25) is 13.9 Å². The molecule has 0 atom stereocenters. The van der Waals surface area contributed by atoms with E-state index in [2.05, 4.69) is 9.97 Å². The minimum atomic E-state index is -0.193. The Kier molecular flexibility index (Phi) is 3.20. The summed E-state index contributed by atoms with van der Waals surface area (Å²) in [6.07, 6.45) is 8.35. The summed E-state index contributed by atoms with van der Waals surface area (Å²) in [7, 11) is 0. The molecule has 0 amide bonds. The number of rotatable bonds is 2. The molecular weight excluding hydrogens is 280 g/mol. The fourth-order valence-corrected chi connectivity index (χ4v) is 4.19. The van der Waals surface area contributed by atoms with E-state index in [-0.39, 0.29) is 23.3 Å². The number of nitrogens with one attached hydrogen (secondary N) is 1. The molecule has 0 bridgehead atoms. The van der Waals surface area contributed by atoms with Gasteiger partial charge in [-0.15, -0.1) is 0 Å². The number of nitrogens with zero attached hydrogens (tertiary/aromatic N) is 3. The molecule has 22 heavy (non-hydrogen) atoms. The van der Waals surface area contributed by atoms with Gasteiger partial charge in [-0.25, -0.2) is 9.78 Å². The van der Waals surface area contributed by atoms with E-state index in [1.54, 1.807) is 4.57 Å². The van der Waals surface area contributed by atoms with Crippen LogP contribution in [-0.4, -0.2) is 19.1 Å². The van der Waals surface area contributed by atoms with Gasteiger partial charge in [0.05, 0.1) is 0 Å². The average Bonchev–Trinajstić information content (AvgIpc) is 3.19. The summed E-state index contributed by atoms with van der Waals surface area (Å²) in [4.78, 5) is 33.4. The number of hydrogen-bond donors (Lipinski definition) is 1. The highest BCUT2D eigenvalue weighted by Gasteiger charge is 2.28. The Morgan fingerprint density at radius 1 is 0.955 bits per heavy atom. The topological polar surface area (TPSA) is 72.7 Å². The van der Waals surface area contributed by atoms with E-state index in [9.17, 15) is 9.59 Å². The predicted molar refractivity (Wildman–Crippen MR) is 84.4 cm³/mol. The van der Waals surface area contributed by atoms with Gasteiger partial charge in [0.15, 0.2) is 5.65 Å². The van der Waals surface area contributed by atoms with Crippen LogP contribution in [0, 0.1) is 6.92 Å². The molecular formula is C16H22N4O2. The Morgan fingerprint density at radius 3 is 2.09 bits per heavy atom.